The number of allylic oxidation sites excluding steroid dienone is 1. The zero-order valence-corrected chi connectivity index (χ0v) is 19.1. The molecule has 1 aliphatic rings. The highest BCUT2D eigenvalue weighted by Gasteiger charge is 2.32. The third-order valence-corrected chi connectivity index (χ3v) is 5.55. The molecule has 1 aliphatic heterocycles. The van der Waals surface area contributed by atoms with Crippen LogP contribution in [0.3, 0.4) is 0 Å². The Morgan fingerprint density at radius 1 is 1.21 bits per heavy atom. The number of benzene rings is 2. The first-order chi connectivity index (χ1) is 13.2. The van der Waals surface area contributed by atoms with E-state index in [-0.39, 0.29) is 11.4 Å². The lowest BCUT2D eigenvalue weighted by Gasteiger charge is -2.46. The molecule has 0 aromatic heterocycles. The maximum Gasteiger partial charge on any atom is 0.271 e. The normalized spacial score (nSPS) is 15.5. The van der Waals surface area contributed by atoms with Crippen molar-refractivity contribution < 1.29 is 4.79 Å². The van der Waals surface area contributed by atoms with Gasteiger partial charge in [-0.2, -0.15) is 5.10 Å². The number of halogens is 1. The van der Waals surface area contributed by atoms with E-state index in [1.54, 1.807) is 12.3 Å². The lowest BCUT2D eigenvalue weighted by Crippen LogP contribution is -2.49. The Morgan fingerprint density at radius 3 is 2.64 bits per heavy atom. The number of nitrogens with one attached hydrogen (secondary N) is 1. The van der Waals surface area contributed by atoms with Crippen molar-refractivity contribution in [2.24, 2.45) is 5.10 Å². The molecule has 0 saturated heterocycles. The minimum atomic E-state index is -0.212. The van der Waals surface area contributed by atoms with Crippen LogP contribution in [0.2, 0.25) is 0 Å². The van der Waals surface area contributed by atoms with Crippen LogP contribution in [0.1, 0.15) is 56.1 Å². The van der Waals surface area contributed by atoms with Gasteiger partial charge in [0.05, 0.1) is 11.8 Å². The molecule has 5 heteroatoms. The van der Waals surface area contributed by atoms with E-state index in [0.717, 1.165) is 9.13 Å². The highest BCUT2D eigenvalue weighted by molar-refractivity contribution is 14.1. The van der Waals surface area contributed by atoms with Gasteiger partial charge < -0.3 is 4.90 Å². The smallest absolute Gasteiger partial charge is 0.271 e. The molecule has 0 radical (unpaired) electrons. The Balaban J connectivity index is 1.81. The number of carbonyl (C=O) groups excluding carboxylic acids is 1. The summed E-state index contributed by atoms with van der Waals surface area (Å²) >= 11 is 2.19. The Bertz CT molecular complexity index is 960. The van der Waals surface area contributed by atoms with Gasteiger partial charge in [0.25, 0.3) is 5.91 Å². The van der Waals surface area contributed by atoms with E-state index < -0.39 is 0 Å². The average molecular weight is 487 g/mol. The van der Waals surface area contributed by atoms with E-state index in [9.17, 15) is 4.79 Å². The molecule has 146 valence electrons. The highest BCUT2D eigenvalue weighted by Crippen LogP contribution is 2.40. The maximum atomic E-state index is 12.2. The second kappa shape index (κ2) is 8.07. The Labute approximate surface area is 180 Å². The second-order valence-electron chi connectivity index (χ2n) is 7.93. The summed E-state index contributed by atoms with van der Waals surface area (Å²) in [4.78, 5) is 14.7. The van der Waals surface area contributed by atoms with E-state index >= 15 is 0 Å². The highest BCUT2D eigenvalue weighted by atomic mass is 127. The van der Waals surface area contributed by atoms with Crippen molar-refractivity contribution in [2.45, 2.75) is 46.2 Å². The molecular weight excluding hydrogens is 461 g/mol. The van der Waals surface area contributed by atoms with Crippen molar-refractivity contribution in [2.75, 3.05) is 4.90 Å². The molecule has 0 atom stereocenters. The lowest BCUT2D eigenvalue weighted by molar-refractivity contribution is 0.0955. The first-order valence-corrected chi connectivity index (χ1v) is 10.5. The van der Waals surface area contributed by atoms with E-state index in [1.807, 2.05) is 24.3 Å². The number of hydrogen-bond acceptors (Lipinski definition) is 3. The molecule has 0 bridgehead atoms. The van der Waals surface area contributed by atoms with Crippen molar-refractivity contribution in [3.63, 3.8) is 0 Å². The third kappa shape index (κ3) is 4.29. The summed E-state index contributed by atoms with van der Waals surface area (Å²) in [6, 6.07) is 14.1. The van der Waals surface area contributed by atoms with Gasteiger partial charge in [0, 0.05) is 26.4 Å². The summed E-state index contributed by atoms with van der Waals surface area (Å²) in [5.74, 6) is -0.212. The third-order valence-electron chi connectivity index (χ3n) is 4.88. The minimum Gasteiger partial charge on any atom is -0.360 e. The minimum absolute atomic E-state index is 0.0258. The summed E-state index contributed by atoms with van der Waals surface area (Å²) < 4.78 is 1.02. The predicted molar refractivity (Wildman–Crippen MR) is 126 cm³/mol. The van der Waals surface area contributed by atoms with Gasteiger partial charge in [0.15, 0.2) is 0 Å². The summed E-state index contributed by atoms with van der Waals surface area (Å²) in [6.45, 7) is 11.1. The first-order valence-electron chi connectivity index (χ1n) is 9.41. The van der Waals surface area contributed by atoms with E-state index in [2.05, 4.69) is 90.8 Å². The predicted octanol–water partition coefficient (Wildman–Crippen LogP) is 5.47. The Kier molecular flexibility index (Phi) is 5.93. The van der Waals surface area contributed by atoms with Crippen molar-refractivity contribution in [1.29, 1.82) is 0 Å². The summed E-state index contributed by atoms with van der Waals surface area (Å²) in [5, 5.41) is 4.14. The molecule has 0 spiro atoms. The van der Waals surface area contributed by atoms with Gasteiger partial charge in [-0.3, -0.25) is 4.79 Å². The molecule has 4 nitrogen and oxygen atoms in total. The number of nitrogens with zero attached hydrogens (tertiary/aromatic N) is 2. The molecule has 3 rings (SSSR count). The monoisotopic (exact) mass is 487 g/mol. The van der Waals surface area contributed by atoms with Crippen LogP contribution in [0.15, 0.2) is 53.6 Å². The fourth-order valence-corrected chi connectivity index (χ4v) is 4.49. The number of hydrogen-bond donors (Lipinski definition) is 1. The van der Waals surface area contributed by atoms with E-state index in [1.165, 1.54) is 16.8 Å². The Morgan fingerprint density at radius 2 is 1.96 bits per heavy atom. The molecule has 28 heavy (non-hydrogen) atoms. The molecule has 1 heterocycles. The summed E-state index contributed by atoms with van der Waals surface area (Å²) in [5.41, 5.74) is 7.84. The van der Waals surface area contributed by atoms with Gasteiger partial charge in [-0.15, -0.1) is 0 Å². The van der Waals surface area contributed by atoms with Crippen molar-refractivity contribution in [3.05, 3.63) is 68.8 Å². The average Bonchev–Trinajstić information content (AvgIpc) is 2.61. The number of amides is 1. The zero-order chi connectivity index (χ0) is 20.5. The number of fused-ring (bicyclic) bond motifs is 1. The van der Waals surface area contributed by atoms with Gasteiger partial charge in [-0.1, -0.05) is 18.2 Å². The summed E-state index contributed by atoms with van der Waals surface area (Å²) in [7, 11) is 0. The topological polar surface area (TPSA) is 44.7 Å². The molecular formula is C23H26IN3O. The second-order valence-corrected chi connectivity index (χ2v) is 9.18. The van der Waals surface area contributed by atoms with Crippen molar-refractivity contribution >= 4 is 46.0 Å². The largest absolute Gasteiger partial charge is 0.360 e. The van der Waals surface area contributed by atoms with E-state index in [0.29, 0.717) is 11.6 Å². The SMILES string of the molecule is CC1=CC(C)(C)N(C(C)C)c2ccc(/C=N/NC(=O)c3cccc(I)c3)cc21. The number of hydrazone groups is 1. The van der Waals surface area contributed by atoms with Crippen LogP contribution in [-0.4, -0.2) is 23.7 Å². The molecule has 0 unspecified atom stereocenters. The van der Waals surface area contributed by atoms with Crippen LogP contribution < -0.4 is 10.3 Å². The summed E-state index contributed by atoms with van der Waals surface area (Å²) in [6.07, 6.45) is 4.01. The molecule has 1 N–H and O–H groups in total. The quantitative estimate of drug-likeness (QED) is 0.354. The van der Waals surface area contributed by atoms with Crippen molar-refractivity contribution in [3.8, 4) is 0 Å². The number of anilines is 1. The Hall–Kier alpha value is -2.15. The van der Waals surface area contributed by atoms with Gasteiger partial charge >= 0.3 is 0 Å². The van der Waals surface area contributed by atoms with Gasteiger partial charge in [0.2, 0.25) is 0 Å². The van der Waals surface area contributed by atoms with E-state index in [4.69, 9.17) is 0 Å². The lowest BCUT2D eigenvalue weighted by atomic mass is 9.87. The van der Waals surface area contributed by atoms with Gasteiger partial charge in [-0.05, 0) is 98.7 Å². The van der Waals surface area contributed by atoms with Crippen LogP contribution in [0, 0.1) is 3.57 Å². The van der Waals surface area contributed by atoms with Crippen LogP contribution in [0.4, 0.5) is 5.69 Å². The number of carbonyl (C=O) groups is 1. The molecule has 2 aromatic carbocycles. The molecule has 0 saturated carbocycles. The standard InChI is InChI=1S/C23H26IN3O/c1-15(2)27-21-10-9-17(11-20(21)16(3)13-23(27,4)5)14-25-26-22(28)18-7-6-8-19(24)12-18/h6-15H,1-5H3,(H,26,28)/b25-14+. The molecule has 0 aliphatic carbocycles. The van der Waals surface area contributed by atoms with Crippen LogP contribution in [-0.2, 0) is 0 Å². The molecule has 0 fully saturated rings. The van der Waals surface area contributed by atoms with Crippen LogP contribution >= 0.6 is 22.6 Å². The molecule has 1 amide bonds. The van der Waals surface area contributed by atoms with Crippen LogP contribution in [0.25, 0.3) is 5.57 Å². The van der Waals surface area contributed by atoms with Gasteiger partial charge in [0.1, 0.15) is 0 Å². The first kappa shape index (κ1) is 20.6. The van der Waals surface area contributed by atoms with Gasteiger partial charge in [-0.25, -0.2) is 5.43 Å². The number of rotatable bonds is 4. The fraction of sp³-hybridized carbons (Fsp3) is 0.304. The fourth-order valence-electron chi connectivity index (χ4n) is 3.95. The molecule has 2 aromatic rings. The maximum absolute atomic E-state index is 12.2. The zero-order valence-electron chi connectivity index (χ0n) is 17.0. The van der Waals surface area contributed by atoms with Crippen molar-refractivity contribution in [1.82, 2.24) is 5.43 Å². The van der Waals surface area contributed by atoms with Crippen LogP contribution in [0.5, 0.6) is 0 Å².